The SMILES string of the molecule is CCC(C)(C)COC1OC(COC2(C(=O)O)CC(O)C(NC(C)=O)C(C(O)C(O)Cn3cc(COCC(O)C(O)C(O)C(O)CNC4CC(OC5CC(O)(C(=O)CO)Cc6c(O)c7c(c(O)c65)C(=O)c5c(OC)cccc5C7=O)OC(C)C4O)nn3)O2)C(O)C(O)C1O. The predicted molar refractivity (Wildman–Crippen MR) is 307 cm³/mol. The Morgan fingerprint density at radius 3 is 2.24 bits per heavy atom. The maximum atomic E-state index is 14.1. The van der Waals surface area contributed by atoms with Crippen LogP contribution in [0.5, 0.6) is 17.2 Å². The minimum absolute atomic E-state index is 0.00764. The molecule has 18 N–H and O–H groups in total. The zero-order chi connectivity index (χ0) is 68.5. The second-order valence-corrected chi connectivity index (χ2v) is 24.9. The summed E-state index contributed by atoms with van der Waals surface area (Å²) in [5, 5.41) is 190. The van der Waals surface area contributed by atoms with E-state index < -0.39 is 244 Å². The summed E-state index contributed by atoms with van der Waals surface area (Å²) in [6.45, 7) is 3.89. The molecule has 0 radical (unpaired) electrons. The molecule has 8 rings (SSSR count). The third-order valence-electron chi connectivity index (χ3n) is 17.7. The van der Waals surface area contributed by atoms with Crippen LogP contribution in [0.2, 0.25) is 0 Å². The number of Topliss-reactive ketones (excluding diaryl/α,β-unsaturated/α-hetero) is 1. The molecule has 0 spiro atoms. The van der Waals surface area contributed by atoms with E-state index in [4.69, 9.17) is 37.9 Å². The van der Waals surface area contributed by atoms with Gasteiger partial charge in [0.25, 0.3) is 5.79 Å². The summed E-state index contributed by atoms with van der Waals surface area (Å²) in [4.78, 5) is 66.3. The first kappa shape index (κ1) is 72.9. The van der Waals surface area contributed by atoms with Crippen LogP contribution >= 0.6 is 0 Å². The van der Waals surface area contributed by atoms with Gasteiger partial charge in [0.1, 0.15) is 96.2 Å². The van der Waals surface area contributed by atoms with Gasteiger partial charge in [-0.15, -0.1) is 5.10 Å². The fraction of sp³-hybridized carbons (Fsp3) is 0.678. The van der Waals surface area contributed by atoms with Crippen molar-refractivity contribution in [3.63, 3.8) is 0 Å². The Balaban J connectivity index is 0.851. The molecular weight excluding hydrogens is 1240 g/mol. The van der Waals surface area contributed by atoms with Crippen LogP contribution < -0.4 is 15.4 Å². The van der Waals surface area contributed by atoms with Gasteiger partial charge in [-0.2, -0.15) is 0 Å². The van der Waals surface area contributed by atoms with Gasteiger partial charge in [-0.25, -0.2) is 9.48 Å². The lowest BCUT2D eigenvalue weighted by atomic mass is 9.72. The monoisotopic (exact) mass is 1330 g/mol. The number of aromatic nitrogens is 3. The molecular formula is C59H83N5O29. The number of phenolic OH excluding ortho intramolecular Hbond substituents is 2. The molecule has 4 heterocycles. The van der Waals surface area contributed by atoms with Gasteiger partial charge < -0.3 is 130 Å². The smallest absolute Gasteiger partial charge is 0.364 e. The number of hydrogen-bond donors (Lipinski definition) is 18. The van der Waals surface area contributed by atoms with Crippen molar-refractivity contribution in [2.24, 2.45) is 5.41 Å². The van der Waals surface area contributed by atoms with E-state index in [-0.39, 0.29) is 46.7 Å². The number of methoxy groups -OCH3 is 1. The van der Waals surface area contributed by atoms with Crippen LogP contribution in [0.3, 0.4) is 0 Å². The third-order valence-corrected chi connectivity index (χ3v) is 17.7. The second-order valence-electron chi connectivity index (χ2n) is 24.9. The van der Waals surface area contributed by atoms with E-state index in [2.05, 4.69) is 20.9 Å². The number of carbonyl (C=O) groups is 5. The van der Waals surface area contributed by atoms with Crippen molar-refractivity contribution in [1.82, 2.24) is 25.6 Å². The first-order valence-electron chi connectivity index (χ1n) is 30.0. The van der Waals surface area contributed by atoms with Crippen molar-refractivity contribution in [1.29, 1.82) is 0 Å². The zero-order valence-corrected chi connectivity index (χ0v) is 51.6. The molecule has 0 bridgehead atoms. The quantitative estimate of drug-likeness (QED) is 0.0236. The lowest BCUT2D eigenvalue weighted by Crippen LogP contribution is -2.68. The number of ether oxygens (including phenoxy) is 8. The van der Waals surface area contributed by atoms with Crippen LogP contribution in [0.4, 0.5) is 0 Å². The average molecular weight is 1330 g/mol. The van der Waals surface area contributed by atoms with Gasteiger partial charge in [-0.05, 0) is 24.8 Å². The lowest BCUT2D eigenvalue weighted by Gasteiger charge is -2.47. The van der Waals surface area contributed by atoms with Crippen molar-refractivity contribution in [2.45, 2.75) is 207 Å². The summed E-state index contributed by atoms with van der Waals surface area (Å²) in [5.41, 5.74) is -5.03. The number of carbonyl (C=O) groups excluding carboxylic acids is 4. The normalized spacial score (nSPS) is 31.7. The minimum atomic E-state index is -2.85. The topological polar surface area (TPSA) is 538 Å². The molecule has 34 heteroatoms. The number of fused-ring (bicyclic) bond motifs is 3. The van der Waals surface area contributed by atoms with Crippen LogP contribution in [-0.4, -0.2) is 288 Å². The molecule has 21 unspecified atom stereocenters. The van der Waals surface area contributed by atoms with Crippen molar-refractivity contribution in [3.05, 3.63) is 63.5 Å². The summed E-state index contributed by atoms with van der Waals surface area (Å²) >= 11 is 0. The van der Waals surface area contributed by atoms with Gasteiger partial charge in [0.2, 0.25) is 11.7 Å². The average Bonchev–Trinajstić information content (AvgIpc) is 0.861. The molecule has 93 heavy (non-hydrogen) atoms. The maximum absolute atomic E-state index is 14.1. The Bertz CT molecular complexity index is 3170. The third kappa shape index (κ3) is 15.4. The number of ketones is 3. The van der Waals surface area contributed by atoms with E-state index in [0.29, 0.717) is 6.42 Å². The molecule has 21 atom stereocenters. The minimum Gasteiger partial charge on any atom is -0.507 e. The second kappa shape index (κ2) is 29.6. The van der Waals surface area contributed by atoms with E-state index >= 15 is 0 Å². The number of aromatic hydroxyl groups is 2. The maximum Gasteiger partial charge on any atom is 0.364 e. The number of aliphatic hydroxyl groups excluding tert-OH is 12. The van der Waals surface area contributed by atoms with Crippen molar-refractivity contribution < 1.29 is 144 Å². The highest BCUT2D eigenvalue weighted by molar-refractivity contribution is 6.31. The van der Waals surface area contributed by atoms with Gasteiger partial charge >= 0.3 is 5.97 Å². The van der Waals surface area contributed by atoms with E-state index in [1.807, 2.05) is 20.8 Å². The lowest BCUT2D eigenvalue weighted by molar-refractivity contribution is -0.340. The number of carboxylic acid groups (broad SMARTS) is 1. The van der Waals surface area contributed by atoms with Gasteiger partial charge in [-0.1, -0.05) is 38.1 Å². The number of carboxylic acids is 1. The highest BCUT2D eigenvalue weighted by atomic mass is 16.7. The number of aliphatic carboxylic acids is 1. The molecule has 0 saturated carbocycles. The van der Waals surface area contributed by atoms with Crippen LogP contribution in [-0.2, 0) is 67.1 Å². The van der Waals surface area contributed by atoms with E-state index in [1.54, 1.807) is 0 Å². The Hall–Kier alpha value is -5.91. The Morgan fingerprint density at radius 2 is 1.58 bits per heavy atom. The summed E-state index contributed by atoms with van der Waals surface area (Å²) in [7, 11) is 1.26. The van der Waals surface area contributed by atoms with Crippen LogP contribution in [0, 0.1) is 5.41 Å². The molecule has 3 aliphatic heterocycles. The van der Waals surface area contributed by atoms with E-state index in [9.17, 15) is 106 Å². The highest BCUT2D eigenvalue weighted by Gasteiger charge is 2.58. The molecule has 3 fully saturated rings. The number of nitrogens with one attached hydrogen (secondary N) is 2. The number of phenols is 2. The summed E-state index contributed by atoms with van der Waals surface area (Å²) < 4.78 is 46.8. The molecule has 2 aliphatic carbocycles. The number of hydrogen-bond acceptors (Lipinski definition) is 31. The number of aliphatic hydroxyl groups is 13. The van der Waals surface area contributed by atoms with Gasteiger partial charge in [0, 0.05) is 61.9 Å². The summed E-state index contributed by atoms with van der Waals surface area (Å²) in [6.07, 6.45) is -30.2. The van der Waals surface area contributed by atoms with Crippen LogP contribution in [0.15, 0.2) is 24.4 Å². The zero-order valence-electron chi connectivity index (χ0n) is 51.6. The first-order valence-corrected chi connectivity index (χ1v) is 30.0. The van der Waals surface area contributed by atoms with E-state index in [0.717, 1.165) is 11.6 Å². The molecule has 3 aromatic rings. The molecule has 3 saturated heterocycles. The van der Waals surface area contributed by atoms with Gasteiger partial charge in [-0.3, -0.25) is 19.2 Å². The van der Waals surface area contributed by atoms with Gasteiger partial charge in [0.15, 0.2) is 24.1 Å². The summed E-state index contributed by atoms with van der Waals surface area (Å²) in [5.74, 6) is -10.0. The Kier molecular flexibility index (Phi) is 23.2. The Labute approximate surface area is 530 Å². The Morgan fingerprint density at radius 1 is 0.892 bits per heavy atom. The van der Waals surface area contributed by atoms with Crippen LogP contribution in [0.1, 0.15) is 115 Å². The standard InChI is InChI=1S/C59H83N5O29/c1-7-57(4,5)22-88-55-53(82)52(81)49(78)35(92-55)21-89-59(56(83)84)13-29(67)42(61-24(3)66)54(93-59)48(77)31(69)17-64-16-25(62-63-64)19-87-20-32(70)47(76)46(75)30(68)15-60-28-11-37(90-23(2)43(28)72)91-34-14-58(85,36(71)18-65)12-27-39(34)51(80)41-40(45(27)74)44(73)26-9-8-10-33(86-6)38(26)50(41)79/h8-10,16,23,28-32,34-35,37,42-43,46-49,52-55,60,65,67-70,72,74-78,80-82,85H,7,11-15,17-22H2,1-6H3,(H,61,66)(H,83,84). The fourth-order valence-corrected chi connectivity index (χ4v) is 11.9. The van der Waals surface area contributed by atoms with Crippen molar-refractivity contribution >= 4 is 29.2 Å². The molecule has 5 aliphatic rings. The van der Waals surface area contributed by atoms with Gasteiger partial charge in [0.05, 0.1) is 99.5 Å². The van der Waals surface area contributed by atoms with Crippen molar-refractivity contribution in [2.75, 3.05) is 40.1 Å². The predicted octanol–water partition coefficient (Wildman–Crippen LogP) is -5.68. The number of benzene rings is 2. The van der Waals surface area contributed by atoms with Crippen LogP contribution in [0.25, 0.3) is 0 Å². The highest BCUT2D eigenvalue weighted by Crippen LogP contribution is 2.53. The fourth-order valence-electron chi connectivity index (χ4n) is 11.9. The molecule has 1 amide bonds. The number of amides is 1. The molecule has 1 aromatic heterocycles. The molecule has 518 valence electrons. The van der Waals surface area contributed by atoms with Crippen molar-refractivity contribution in [3.8, 4) is 17.2 Å². The summed E-state index contributed by atoms with van der Waals surface area (Å²) in [6, 6.07) is 1.55. The number of nitrogens with zero attached hydrogens (tertiary/aromatic N) is 3. The first-order chi connectivity index (χ1) is 43.7. The largest absolute Gasteiger partial charge is 0.507 e. The van der Waals surface area contributed by atoms with E-state index in [1.165, 1.54) is 38.4 Å². The molecule has 34 nitrogen and oxygen atoms in total. The number of rotatable bonds is 28. The molecule has 2 aromatic carbocycles.